The van der Waals surface area contributed by atoms with E-state index in [-0.39, 0.29) is 13.0 Å². The number of nitrogens with zero attached hydrogens (tertiary/aromatic N) is 1. The molecule has 1 aliphatic heterocycles. The molecular weight excluding hydrogens is 284 g/mol. The monoisotopic (exact) mass is 298 g/mol. The number of fused-ring (bicyclic) bond motifs is 1. The molecule has 0 aromatic heterocycles. The number of carbonyl (C=O) groups is 2. The van der Waals surface area contributed by atoms with Crippen molar-refractivity contribution in [3.63, 3.8) is 0 Å². The Hall–Kier alpha value is -1.93. The quantitative estimate of drug-likeness (QED) is 0.763. The van der Waals surface area contributed by atoms with Crippen LogP contribution in [0.25, 0.3) is 0 Å². The predicted octanol–water partition coefficient (Wildman–Crippen LogP) is -0.687. The molecule has 1 aliphatic rings. The molecule has 1 heterocycles. The maximum absolute atomic E-state index is 12.1. The van der Waals surface area contributed by atoms with Gasteiger partial charge in [-0.15, -0.1) is 0 Å². The van der Waals surface area contributed by atoms with Crippen LogP contribution < -0.4 is 5.73 Å². The van der Waals surface area contributed by atoms with E-state index >= 15 is 0 Å². The zero-order valence-corrected chi connectivity index (χ0v) is 11.3. The third-order valence-corrected chi connectivity index (χ3v) is 4.91. The van der Waals surface area contributed by atoms with Crippen LogP contribution in [-0.2, 0) is 32.6 Å². The molecule has 3 N–H and O–H groups in total. The van der Waals surface area contributed by atoms with Crippen molar-refractivity contribution < 1.29 is 23.1 Å². The van der Waals surface area contributed by atoms with Crippen LogP contribution in [0.2, 0.25) is 0 Å². The minimum Gasteiger partial charge on any atom is -0.480 e. The van der Waals surface area contributed by atoms with Crippen molar-refractivity contribution >= 4 is 21.9 Å². The lowest BCUT2D eigenvalue weighted by Gasteiger charge is -2.33. The number of sulfonamides is 1. The molecule has 20 heavy (non-hydrogen) atoms. The Morgan fingerprint density at radius 1 is 1.30 bits per heavy atom. The molecular formula is C12H14N2O5S. The van der Waals surface area contributed by atoms with Gasteiger partial charge in [-0.1, -0.05) is 24.3 Å². The van der Waals surface area contributed by atoms with Crippen LogP contribution in [-0.4, -0.2) is 41.5 Å². The molecule has 1 atom stereocenters. The number of rotatable bonds is 4. The number of nitrogens with two attached hydrogens (primary N) is 1. The number of amides is 1. The van der Waals surface area contributed by atoms with Crippen LogP contribution in [0.5, 0.6) is 0 Å². The lowest BCUT2D eigenvalue weighted by Crippen LogP contribution is -2.52. The smallest absolute Gasteiger partial charge is 0.320 e. The van der Waals surface area contributed by atoms with E-state index in [1.54, 1.807) is 24.3 Å². The topological polar surface area (TPSA) is 118 Å². The Bertz CT molecular complexity index is 656. The normalized spacial score (nSPS) is 19.3. The van der Waals surface area contributed by atoms with Gasteiger partial charge in [-0.25, -0.2) is 8.42 Å². The molecule has 0 saturated heterocycles. The minimum atomic E-state index is -4.09. The van der Waals surface area contributed by atoms with E-state index < -0.39 is 33.7 Å². The molecule has 2 rings (SSSR count). The van der Waals surface area contributed by atoms with E-state index in [1.165, 1.54) is 0 Å². The van der Waals surface area contributed by atoms with Crippen molar-refractivity contribution in [1.82, 2.24) is 4.31 Å². The second kappa shape index (κ2) is 5.22. The standard InChI is InChI=1S/C12H14N2O5S/c13-12(17)10-5-8-3-1-2-4-9(8)6-14(10)20(18,19)7-11(15)16/h1-4,10H,5-7H2,(H2,13,17)(H,15,16)/t10-/m0/s1. The van der Waals surface area contributed by atoms with Gasteiger partial charge < -0.3 is 10.8 Å². The van der Waals surface area contributed by atoms with Crippen molar-refractivity contribution in [3.8, 4) is 0 Å². The Kier molecular flexibility index (Phi) is 3.78. The fourth-order valence-corrected chi connectivity index (χ4v) is 3.65. The zero-order chi connectivity index (χ0) is 14.9. The van der Waals surface area contributed by atoms with Gasteiger partial charge in [-0.3, -0.25) is 9.59 Å². The fourth-order valence-electron chi connectivity index (χ4n) is 2.27. The summed E-state index contributed by atoms with van der Waals surface area (Å²) < 4.78 is 25.0. The molecule has 0 saturated carbocycles. The van der Waals surface area contributed by atoms with Gasteiger partial charge in [0, 0.05) is 6.54 Å². The number of hydrogen-bond acceptors (Lipinski definition) is 4. The van der Waals surface area contributed by atoms with Crippen LogP contribution in [0.1, 0.15) is 11.1 Å². The summed E-state index contributed by atoms with van der Waals surface area (Å²) in [6.45, 7) is -0.0423. The lowest BCUT2D eigenvalue weighted by molar-refractivity contribution is -0.134. The van der Waals surface area contributed by atoms with Gasteiger partial charge in [-0.05, 0) is 17.5 Å². The molecule has 1 amide bonds. The number of carbonyl (C=O) groups excluding carboxylic acids is 1. The molecule has 8 heteroatoms. The predicted molar refractivity (Wildman–Crippen MR) is 70.1 cm³/mol. The number of aliphatic carboxylic acids is 1. The summed E-state index contributed by atoms with van der Waals surface area (Å²) in [6.07, 6.45) is 0.157. The molecule has 1 aromatic rings. The van der Waals surface area contributed by atoms with Gasteiger partial charge in [-0.2, -0.15) is 4.31 Å². The number of hydrogen-bond donors (Lipinski definition) is 2. The molecule has 0 fully saturated rings. The first kappa shape index (κ1) is 14.5. The molecule has 0 unspecified atom stereocenters. The van der Waals surface area contributed by atoms with Crippen LogP contribution in [0.4, 0.5) is 0 Å². The van der Waals surface area contributed by atoms with Crippen molar-refractivity contribution in [2.45, 2.75) is 19.0 Å². The maximum Gasteiger partial charge on any atom is 0.320 e. The minimum absolute atomic E-state index is 0.0423. The Morgan fingerprint density at radius 3 is 2.45 bits per heavy atom. The van der Waals surface area contributed by atoms with Crippen molar-refractivity contribution in [2.75, 3.05) is 5.75 Å². The Morgan fingerprint density at radius 2 is 1.90 bits per heavy atom. The van der Waals surface area contributed by atoms with Crippen molar-refractivity contribution in [3.05, 3.63) is 35.4 Å². The number of carboxylic acid groups (broad SMARTS) is 1. The second-order valence-electron chi connectivity index (χ2n) is 4.59. The molecule has 0 bridgehead atoms. The SMILES string of the molecule is NC(=O)[C@@H]1Cc2ccccc2CN1S(=O)(=O)CC(=O)O. The Labute approximate surface area is 116 Å². The summed E-state index contributed by atoms with van der Waals surface area (Å²) in [6, 6.07) is 6.04. The largest absolute Gasteiger partial charge is 0.480 e. The van der Waals surface area contributed by atoms with E-state index in [9.17, 15) is 18.0 Å². The zero-order valence-electron chi connectivity index (χ0n) is 10.5. The molecule has 0 radical (unpaired) electrons. The third-order valence-electron chi connectivity index (χ3n) is 3.20. The van der Waals surface area contributed by atoms with Gasteiger partial charge in [0.05, 0.1) is 0 Å². The first-order valence-electron chi connectivity index (χ1n) is 5.88. The van der Waals surface area contributed by atoms with Gasteiger partial charge in [0.15, 0.2) is 5.75 Å². The van der Waals surface area contributed by atoms with Gasteiger partial charge in [0.2, 0.25) is 15.9 Å². The van der Waals surface area contributed by atoms with E-state index in [4.69, 9.17) is 10.8 Å². The second-order valence-corrected chi connectivity index (χ2v) is 6.51. The average Bonchev–Trinajstić information content (AvgIpc) is 2.35. The first-order chi connectivity index (χ1) is 9.31. The molecule has 1 aromatic carbocycles. The highest BCUT2D eigenvalue weighted by Crippen LogP contribution is 2.25. The van der Waals surface area contributed by atoms with Gasteiger partial charge in [0.1, 0.15) is 6.04 Å². The van der Waals surface area contributed by atoms with Gasteiger partial charge >= 0.3 is 5.97 Å². The summed E-state index contributed by atoms with van der Waals surface area (Å²) in [5.41, 5.74) is 6.84. The third kappa shape index (κ3) is 2.81. The molecule has 7 nitrogen and oxygen atoms in total. The van der Waals surface area contributed by atoms with E-state index in [0.29, 0.717) is 0 Å². The number of benzene rings is 1. The number of carboxylic acids is 1. The highest BCUT2D eigenvalue weighted by Gasteiger charge is 2.38. The molecule has 0 aliphatic carbocycles. The van der Waals surface area contributed by atoms with E-state index in [0.717, 1.165) is 15.4 Å². The van der Waals surface area contributed by atoms with Crippen LogP contribution in [0, 0.1) is 0 Å². The summed E-state index contributed by atoms with van der Waals surface area (Å²) in [7, 11) is -4.09. The Balaban J connectivity index is 2.41. The highest BCUT2D eigenvalue weighted by atomic mass is 32.2. The summed E-state index contributed by atoms with van der Waals surface area (Å²) in [5, 5.41) is 8.68. The summed E-state index contributed by atoms with van der Waals surface area (Å²) >= 11 is 0. The maximum atomic E-state index is 12.1. The van der Waals surface area contributed by atoms with Crippen molar-refractivity contribution in [1.29, 1.82) is 0 Å². The van der Waals surface area contributed by atoms with Crippen LogP contribution in [0.15, 0.2) is 24.3 Å². The fraction of sp³-hybridized carbons (Fsp3) is 0.333. The van der Waals surface area contributed by atoms with Crippen LogP contribution >= 0.6 is 0 Å². The molecule has 108 valence electrons. The highest BCUT2D eigenvalue weighted by molar-refractivity contribution is 7.89. The van der Waals surface area contributed by atoms with Crippen molar-refractivity contribution in [2.24, 2.45) is 5.73 Å². The van der Waals surface area contributed by atoms with E-state index in [1.807, 2.05) is 0 Å². The van der Waals surface area contributed by atoms with Gasteiger partial charge in [0.25, 0.3) is 0 Å². The summed E-state index contributed by atoms with van der Waals surface area (Å²) in [5.74, 6) is -3.31. The average molecular weight is 298 g/mol. The molecule has 0 spiro atoms. The number of primary amides is 1. The first-order valence-corrected chi connectivity index (χ1v) is 7.49. The van der Waals surface area contributed by atoms with Crippen LogP contribution in [0.3, 0.4) is 0 Å². The lowest BCUT2D eigenvalue weighted by atomic mass is 9.96. The van der Waals surface area contributed by atoms with E-state index in [2.05, 4.69) is 0 Å². The summed E-state index contributed by atoms with van der Waals surface area (Å²) in [4.78, 5) is 22.1.